The first-order chi connectivity index (χ1) is 8.72. The van der Waals surface area contributed by atoms with Crippen LogP contribution in [0.1, 0.15) is 16.7 Å². The fourth-order valence-electron chi connectivity index (χ4n) is 2.02. The van der Waals surface area contributed by atoms with Crippen LogP contribution in [0.5, 0.6) is 11.5 Å². The van der Waals surface area contributed by atoms with Gasteiger partial charge in [0.05, 0.1) is 0 Å². The van der Waals surface area contributed by atoms with Gasteiger partial charge in [0.1, 0.15) is 11.5 Å². The molecule has 2 aromatic carbocycles. The Labute approximate surface area is 107 Å². The van der Waals surface area contributed by atoms with Crippen LogP contribution in [0.4, 0.5) is 0 Å². The number of aromatic hydroxyl groups is 2. The molecule has 2 heteroatoms. The van der Waals surface area contributed by atoms with E-state index in [4.69, 9.17) is 0 Å². The maximum Gasteiger partial charge on any atom is 0.119 e. The SMILES string of the molecule is C=CCc1cccc(O)c1Cc1ccccc1O. The first-order valence-corrected chi connectivity index (χ1v) is 5.90. The second-order valence-electron chi connectivity index (χ2n) is 4.21. The fraction of sp³-hybridized carbons (Fsp3) is 0.125. The molecule has 0 aromatic heterocycles. The molecule has 0 radical (unpaired) electrons. The minimum atomic E-state index is 0.255. The first-order valence-electron chi connectivity index (χ1n) is 5.90. The van der Waals surface area contributed by atoms with E-state index in [0.717, 1.165) is 16.7 Å². The number of allylic oxidation sites excluding steroid dienone is 1. The Morgan fingerprint density at radius 3 is 2.28 bits per heavy atom. The zero-order chi connectivity index (χ0) is 13.0. The molecule has 0 bridgehead atoms. The molecule has 92 valence electrons. The lowest BCUT2D eigenvalue weighted by atomic mass is 9.96. The van der Waals surface area contributed by atoms with Gasteiger partial charge in [0.2, 0.25) is 0 Å². The molecule has 0 unspecified atom stereocenters. The minimum absolute atomic E-state index is 0.255. The van der Waals surface area contributed by atoms with Crippen molar-refractivity contribution in [1.29, 1.82) is 0 Å². The second kappa shape index (κ2) is 5.41. The van der Waals surface area contributed by atoms with Crippen LogP contribution in [-0.2, 0) is 12.8 Å². The highest BCUT2D eigenvalue weighted by atomic mass is 16.3. The van der Waals surface area contributed by atoms with Crippen molar-refractivity contribution >= 4 is 0 Å². The van der Waals surface area contributed by atoms with Gasteiger partial charge in [-0.25, -0.2) is 0 Å². The predicted molar refractivity (Wildman–Crippen MR) is 72.9 cm³/mol. The quantitative estimate of drug-likeness (QED) is 0.804. The van der Waals surface area contributed by atoms with Crippen molar-refractivity contribution < 1.29 is 10.2 Å². The molecule has 0 saturated heterocycles. The maximum atomic E-state index is 9.95. The summed E-state index contributed by atoms with van der Waals surface area (Å²) in [5.74, 6) is 0.517. The highest BCUT2D eigenvalue weighted by Gasteiger charge is 2.09. The lowest BCUT2D eigenvalue weighted by molar-refractivity contribution is 0.462. The van der Waals surface area contributed by atoms with Crippen molar-refractivity contribution in [3.8, 4) is 11.5 Å². The predicted octanol–water partition coefficient (Wildman–Crippen LogP) is 3.42. The largest absolute Gasteiger partial charge is 0.508 e. The average Bonchev–Trinajstić information content (AvgIpc) is 2.36. The van der Waals surface area contributed by atoms with Crippen molar-refractivity contribution in [2.45, 2.75) is 12.8 Å². The monoisotopic (exact) mass is 240 g/mol. The van der Waals surface area contributed by atoms with E-state index in [1.807, 2.05) is 30.3 Å². The third kappa shape index (κ3) is 2.54. The molecule has 0 amide bonds. The average molecular weight is 240 g/mol. The molecular formula is C16H16O2. The Hall–Kier alpha value is -2.22. The molecule has 0 aliphatic carbocycles. The molecule has 0 aliphatic rings. The third-order valence-corrected chi connectivity index (χ3v) is 2.97. The number of hydrogen-bond donors (Lipinski definition) is 2. The van der Waals surface area contributed by atoms with Gasteiger partial charge in [-0.05, 0) is 29.7 Å². The summed E-state index contributed by atoms with van der Waals surface area (Å²) in [4.78, 5) is 0. The lowest BCUT2D eigenvalue weighted by Gasteiger charge is -2.11. The standard InChI is InChI=1S/C16H16O2/c1-2-6-12-8-5-10-16(18)14(12)11-13-7-3-4-9-15(13)17/h2-5,7-10,17-18H,1,6,11H2. The van der Waals surface area contributed by atoms with Crippen LogP contribution < -0.4 is 0 Å². The maximum absolute atomic E-state index is 9.95. The van der Waals surface area contributed by atoms with Crippen LogP contribution >= 0.6 is 0 Å². The second-order valence-corrected chi connectivity index (χ2v) is 4.21. The Balaban J connectivity index is 2.39. The van der Waals surface area contributed by atoms with E-state index in [-0.39, 0.29) is 11.5 Å². The lowest BCUT2D eigenvalue weighted by Crippen LogP contribution is -1.96. The molecule has 18 heavy (non-hydrogen) atoms. The molecule has 2 rings (SSSR count). The molecule has 0 fully saturated rings. The van der Waals surface area contributed by atoms with E-state index in [1.165, 1.54) is 0 Å². The van der Waals surface area contributed by atoms with Crippen LogP contribution in [0, 0.1) is 0 Å². The van der Waals surface area contributed by atoms with E-state index in [0.29, 0.717) is 12.8 Å². The number of phenolic OH excluding ortho intramolecular Hbond substituents is 2. The van der Waals surface area contributed by atoms with Gasteiger partial charge in [-0.15, -0.1) is 6.58 Å². The Bertz CT molecular complexity index is 559. The van der Waals surface area contributed by atoms with Crippen LogP contribution in [0.2, 0.25) is 0 Å². The first kappa shape index (κ1) is 12.2. The van der Waals surface area contributed by atoms with Crippen molar-refractivity contribution in [3.05, 3.63) is 71.8 Å². The summed E-state index contributed by atoms with van der Waals surface area (Å²) in [5.41, 5.74) is 2.69. The normalized spacial score (nSPS) is 10.2. The zero-order valence-electron chi connectivity index (χ0n) is 10.1. The van der Waals surface area contributed by atoms with Crippen LogP contribution in [0.15, 0.2) is 55.1 Å². The van der Waals surface area contributed by atoms with E-state index in [2.05, 4.69) is 6.58 Å². The molecule has 0 spiro atoms. The molecule has 0 heterocycles. The summed E-state index contributed by atoms with van der Waals surface area (Å²) in [7, 11) is 0. The van der Waals surface area contributed by atoms with Gasteiger partial charge in [0.15, 0.2) is 0 Å². The van der Waals surface area contributed by atoms with E-state index < -0.39 is 0 Å². The van der Waals surface area contributed by atoms with Crippen molar-refractivity contribution in [2.75, 3.05) is 0 Å². The summed E-state index contributed by atoms with van der Waals surface area (Å²) >= 11 is 0. The number of rotatable bonds is 4. The third-order valence-electron chi connectivity index (χ3n) is 2.97. The summed E-state index contributed by atoms with van der Waals surface area (Å²) in [6, 6.07) is 12.6. The van der Waals surface area contributed by atoms with Gasteiger partial charge in [-0.2, -0.15) is 0 Å². The van der Waals surface area contributed by atoms with E-state index in [1.54, 1.807) is 18.2 Å². The summed E-state index contributed by atoms with van der Waals surface area (Å²) in [5, 5.41) is 19.7. The summed E-state index contributed by atoms with van der Waals surface area (Å²) in [6.07, 6.45) is 3.03. The topological polar surface area (TPSA) is 40.5 Å². The fourth-order valence-corrected chi connectivity index (χ4v) is 2.02. The Morgan fingerprint density at radius 1 is 0.889 bits per heavy atom. The van der Waals surface area contributed by atoms with Crippen LogP contribution in [-0.4, -0.2) is 10.2 Å². The summed E-state index contributed by atoms with van der Waals surface area (Å²) in [6.45, 7) is 3.72. The van der Waals surface area contributed by atoms with Gasteiger partial charge >= 0.3 is 0 Å². The molecule has 0 saturated carbocycles. The number of hydrogen-bond acceptors (Lipinski definition) is 2. The van der Waals surface area contributed by atoms with E-state index in [9.17, 15) is 10.2 Å². The molecule has 2 nitrogen and oxygen atoms in total. The molecule has 2 N–H and O–H groups in total. The molecule has 0 aliphatic heterocycles. The van der Waals surface area contributed by atoms with Gasteiger partial charge < -0.3 is 10.2 Å². The number of phenols is 2. The minimum Gasteiger partial charge on any atom is -0.508 e. The van der Waals surface area contributed by atoms with Gasteiger partial charge in [0.25, 0.3) is 0 Å². The summed E-state index contributed by atoms with van der Waals surface area (Å²) < 4.78 is 0. The molecule has 2 aromatic rings. The zero-order valence-corrected chi connectivity index (χ0v) is 10.1. The Kier molecular flexibility index (Phi) is 3.68. The van der Waals surface area contributed by atoms with Crippen LogP contribution in [0.25, 0.3) is 0 Å². The molecular weight excluding hydrogens is 224 g/mol. The van der Waals surface area contributed by atoms with Crippen molar-refractivity contribution in [2.24, 2.45) is 0 Å². The number of para-hydroxylation sites is 1. The van der Waals surface area contributed by atoms with E-state index >= 15 is 0 Å². The van der Waals surface area contributed by atoms with Crippen LogP contribution in [0.3, 0.4) is 0 Å². The highest BCUT2D eigenvalue weighted by molar-refractivity contribution is 5.46. The van der Waals surface area contributed by atoms with Gasteiger partial charge in [-0.1, -0.05) is 36.4 Å². The van der Waals surface area contributed by atoms with Gasteiger partial charge in [0, 0.05) is 12.0 Å². The van der Waals surface area contributed by atoms with Crippen molar-refractivity contribution in [3.63, 3.8) is 0 Å². The number of benzene rings is 2. The highest BCUT2D eigenvalue weighted by Crippen LogP contribution is 2.28. The van der Waals surface area contributed by atoms with Gasteiger partial charge in [-0.3, -0.25) is 0 Å². The Morgan fingerprint density at radius 2 is 1.56 bits per heavy atom. The smallest absolute Gasteiger partial charge is 0.119 e. The van der Waals surface area contributed by atoms with Crippen molar-refractivity contribution in [1.82, 2.24) is 0 Å². The molecule has 0 atom stereocenters.